The lowest BCUT2D eigenvalue weighted by Crippen LogP contribution is -1.68. The molecule has 0 bridgehead atoms. The van der Waals surface area contributed by atoms with Gasteiger partial charge in [0.25, 0.3) is 0 Å². The summed E-state index contributed by atoms with van der Waals surface area (Å²) in [7, 11) is 0. The Balaban J connectivity index is 2.42. The minimum absolute atomic E-state index is 1.10. The van der Waals surface area contributed by atoms with Crippen molar-refractivity contribution in [3.05, 3.63) is 48.6 Å². The first-order valence-corrected chi connectivity index (χ1v) is 4.54. The highest BCUT2D eigenvalue weighted by Crippen LogP contribution is 1.99. The van der Waals surface area contributed by atoms with Crippen LogP contribution in [0.15, 0.2) is 42.5 Å². The molecule has 0 spiro atoms. The van der Waals surface area contributed by atoms with Gasteiger partial charge in [0.2, 0.25) is 0 Å². The average molecular weight is 159 g/mol. The number of rotatable bonds is 0. The minimum atomic E-state index is 1.10. The summed E-state index contributed by atoms with van der Waals surface area (Å²) >= 11 is 0. The lowest BCUT2D eigenvalue weighted by Gasteiger charge is -1.88. The fourth-order valence-corrected chi connectivity index (χ4v) is 1.04. The van der Waals surface area contributed by atoms with Gasteiger partial charge in [0, 0.05) is 0 Å². The van der Waals surface area contributed by atoms with Gasteiger partial charge in [-0.3, -0.25) is 0 Å². The summed E-state index contributed by atoms with van der Waals surface area (Å²) in [5.74, 6) is 0. The lowest BCUT2D eigenvalue weighted by molar-refractivity contribution is 1.00. The summed E-state index contributed by atoms with van der Waals surface area (Å²) in [6, 6.07) is 0. The summed E-state index contributed by atoms with van der Waals surface area (Å²) in [5, 5.41) is 0. The third-order valence-corrected chi connectivity index (χ3v) is 1.70. The quantitative estimate of drug-likeness (QED) is 0.474. The van der Waals surface area contributed by atoms with Crippen LogP contribution in [0.1, 0.15) is 25.7 Å². The lowest BCUT2D eigenvalue weighted by atomic mass is 10.2. The molecule has 0 amide bonds. The molecule has 0 aromatic rings. The SMILES string of the molecule is [C]1=CCCC=CCCC=CC=C1. The molecule has 63 valence electrons. The first kappa shape index (κ1) is 9.05. The highest BCUT2D eigenvalue weighted by Gasteiger charge is 1.79. The van der Waals surface area contributed by atoms with Gasteiger partial charge in [-0.05, 0) is 31.8 Å². The van der Waals surface area contributed by atoms with Gasteiger partial charge in [-0.2, -0.15) is 0 Å². The van der Waals surface area contributed by atoms with Crippen molar-refractivity contribution < 1.29 is 0 Å². The van der Waals surface area contributed by atoms with Gasteiger partial charge in [-0.15, -0.1) is 0 Å². The maximum Gasteiger partial charge on any atom is -0.0227 e. The number of allylic oxidation sites excluding steroid dienone is 8. The molecule has 1 radical (unpaired) electrons. The van der Waals surface area contributed by atoms with E-state index in [1.807, 2.05) is 12.2 Å². The van der Waals surface area contributed by atoms with Gasteiger partial charge in [-0.25, -0.2) is 0 Å². The maximum atomic E-state index is 3.11. The van der Waals surface area contributed by atoms with Crippen molar-refractivity contribution in [3.8, 4) is 0 Å². The second-order valence-corrected chi connectivity index (χ2v) is 2.78. The Hall–Kier alpha value is -1.04. The average Bonchev–Trinajstić information content (AvgIpc) is 2.05. The van der Waals surface area contributed by atoms with Crippen LogP contribution in [0.5, 0.6) is 0 Å². The molecule has 0 saturated heterocycles. The molecule has 1 rings (SSSR count). The van der Waals surface area contributed by atoms with E-state index in [0.29, 0.717) is 0 Å². The van der Waals surface area contributed by atoms with Crippen molar-refractivity contribution in [2.45, 2.75) is 25.7 Å². The van der Waals surface area contributed by atoms with Crippen LogP contribution in [-0.2, 0) is 0 Å². The van der Waals surface area contributed by atoms with Crippen LogP contribution >= 0.6 is 0 Å². The zero-order valence-electron chi connectivity index (χ0n) is 7.37. The summed E-state index contributed by atoms with van der Waals surface area (Å²) in [4.78, 5) is 0. The topological polar surface area (TPSA) is 0 Å². The van der Waals surface area contributed by atoms with E-state index in [4.69, 9.17) is 0 Å². The van der Waals surface area contributed by atoms with Gasteiger partial charge in [0.1, 0.15) is 0 Å². The van der Waals surface area contributed by atoms with E-state index in [2.05, 4.69) is 36.5 Å². The molecular formula is C12H15. The van der Waals surface area contributed by atoms with Gasteiger partial charge >= 0.3 is 0 Å². The molecule has 0 unspecified atom stereocenters. The first-order valence-electron chi connectivity index (χ1n) is 4.54. The third kappa shape index (κ3) is 4.73. The normalized spacial score (nSPS) is 18.7. The van der Waals surface area contributed by atoms with E-state index in [9.17, 15) is 0 Å². The standard InChI is InChI=1S/C12H15/c1-2-4-6-8-10-12-11-9-7-5-3-1/h1-4,8-9,11H,5,7,10,12H2. The minimum Gasteiger partial charge on any atom is -0.0882 e. The van der Waals surface area contributed by atoms with E-state index in [1.54, 1.807) is 0 Å². The van der Waals surface area contributed by atoms with E-state index < -0.39 is 0 Å². The molecule has 0 aromatic heterocycles. The van der Waals surface area contributed by atoms with Crippen molar-refractivity contribution in [3.63, 3.8) is 0 Å². The molecule has 0 atom stereocenters. The summed E-state index contributed by atoms with van der Waals surface area (Å²) in [6.07, 6.45) is 22.5. The highest BCUT2D eigenvalue weighted by molar-refractivity contribution is 5.08. The van der Waals surface area contributed by atoms with Crippen molar-refractivity contribution in [1.82, 2.24) is 0 Å². The molecule has 0 heteroatoms. The molecule has 0 nitrogen and oxygen atoms in total. The van der Waals surface area contributed by atoms with Crippen LogP contribution < -0.4 is 0 Å². The molecule has 0 N–H and O–H groups in total. The molecular weight excluding hydrogens is 144 g/mol. The zero-order valence-corrected chi connectivity index (χ0v) is 7.37. The third-order valence-electron chi connectivity index (χ3n) is 1.70. The van der Waals surface area contributed by atoms with Gasteiger partial charge in [0.05, 0.1) is 0 Å². The molecule has 0 heterocycles. The Kier molecular flexibility index (Phi) is 5.02. The monoisotopic (exact) mass is 159 g/mol. The van der Waals surface area contributed by atoms with Crippen LogP contribution in [0.2, 0.25) is 0 Å². The fraction of sp³-hybridized carbons (Fsp3) is 0.333. The van der Waals surface area contributed by atoms with Crippen molar-refractivity contribution >= 4 is 0 Å². The Labute approximate surface area is 75.0 Å². The van der Waals surface area contributed by atoms with E-state index in [0.717, 1.165) is 25.7 Å². The smallest absolute Gasteiger partial charge is 0.0227 e. The molecule has 0 fully saturated rings. The zero-order chi connectivity index (χ0) is 8.49. The Morgan fingerprint density at radius 2 is 1.50 bits per heavy atom. The highest BCUT2D eigenvalue weighted by atomic mass is 13.9. The molecule has 0 aromatic carbocycles. The summed E-state index contributed by atoms with van der Waals surface area (Å²) in [6.45, 7) is 0. The van der Waals surface area contributed by atoms with Crippen LogP contribution in [0.4, 0.5) is 0 Å². The Bertz CT molecular complexity index is 182. The van der Waals surface area contributed by atoms with Crippen molar-refractivity contribution in [2.24, 2.45) is 0 Å². The Morgan fingerprint density at radius 1 is 0.750 bits per heavy atom. The van der Waals surface area contributed by atoms with Gasteiger partial charge in [-0.1, -0.05) is 42.5 Å². The van der Waals surface area contributed by atoms with E-state index in [-0.39, 0.29) is 0 Å². The second kappa shape index (κ2) is 6.66. The predicted octanol–water partition coefficient (Wildman–Crippen LogP) is 3.59. The van der Waals surface area contributed by atoms with Gasteiger partial charge < -0.3 is 0 Å². The molecule has 0 saturated carbocycles. The van der Waals surface area contributed by atoms with Crippen LogP contribution in [0.25, 0.3) is 0 Å². The summed E-state index contributed by atoms with van der Waals surface area (Å²) in [5.41, 5.74) is 0. The predicted molar refractivity (Wildman–Crippen MR) is 53.7 cm³/mol. The maximum absolute atomic E-state index is 3.11. The van der Waals surface area contributed by atoms with Crippen molar-refractivity contribution in [1.29, 1.82) is 0 Å². The summed E-state index contributed by atoms with van der Waals surface area (Å²) < 4.78 is 0. The number of hydrogen-bond donors (Lipinski definition) is 0. The van der Waals surface area contributed by atoms with Crippen LogP contribution in [0, 0.1) is 6.08 Å². The van der Waals surface area contributed by atoms with E-state index >= 15 is 0 Å². The largest absolute Gasteiger partial charge is 0.0882 e. The van der Waals surface area contributed by atoms with Crippen LogP contribution in [-0.4, -0.2) is 0 Å². The van der Waals surface area contributed by atoms with Crippen LogP contribution in [0.3, 0.4) is 0 Å². The number of hydrogen-bond acceptors (Lipinski definition) is 0. The van der Waals surface area contributed by atoms with Crippen molar-refractivity contribution in [2.75, 3.05) is 0 Å². The molecule has 1 aliphatic carbocycles. The molecule has 1 aliphatic rings. The second-order valence-electron chi connectivity index (χ2n) is 2.78. The van der Waals surface area contributed by atoms with Gasteiger partial charge in [0.15, 0.2) is 0 Å². The molecule has 0 aliphatic heterocycles. The molecule has 12 heavy (non-hydrogen) atoms. The Morgan fingerprint density at radius 3 is 2.42 bits per heavy atom. The fourth-order valence-electron chi connectivity index (χ4n) is 1.04. The first-order chi connectivity index (χ1) is 6.00. The van der Waals surface area contributed by atoms with E-state index in [1.165, 1.54) is 0 Å².